The van der Waals surface area contributed by atoms with E-state index in [1.54, 1.807) is 0 Å². The number of benzene rings is 4. The lowest BCUT2D eigenvalue weighted by atomic mass is 9.98. The molecule has 0 saturated heterocycles. The molecule has 33 heavy (non-hydrogen) atoms. The summed E-state index contributed by atoms with van der Waals surface area (Å²) >= 11 is 0. The van der Waals surface area contributed by atoms with Crippen LogP contribution < -0.4 is 16.7 Å². The van der Waals surface area contributed by atoms with Gasteiger partial charge >= 0.3 is 8.56 Å². The van der Waals surface area contributed by atoms with Gasteiger partial charge in [-0.05, 0) is 101 Å². The highest BCUT2D eigenvalue weighted by atomic mass is 28.4. The van der Waals surface area contributed by atoms with Gasteiger partial charge in [0.15, 0.2) is 9.04 Å². The number of fused-ring (bicyclic) bond motifs is 4. The molecule has 1 unspecified atom stereocenters. The standard InChI is InChI=1S/C26H36N2O2Si3/c1-33(2,29-31-16-6-14-27)30-32(17-7-15-28)25-11-5-10-20-12-13-23-18-21-8-3-4-9-22(21)19-24(23)26(20)25/h3-5,8-13,18-19,32H,6-7,14-17,27-28,31H2,1-2H3. The molecule has 0 bridgehead atoms. The maximum absolute atomic E-state index is 6.95. The van der Waals surface area contributed by atoms with Crippen LogP contribution in [0.3, 0.4) is 0 Å². The molecule has 7 heteroatoms. The van der Waals surface area contributed by atoms with E-state index in [0.29, 0.717) is 6.54 Å². The minimum absolute atomic E-state index is 0.590. The predicted molar refractivity (Wildman–Crippen MR) is 151 cm³/mol. The second-order valence-corrected chi connectivity index (χ2v) is 17.4. The lowest BCUT2D eigenvalue weighted by Crippen LogP contribution is -2.47. The first-order valence-corrected chi connectivity index (χ1v) is 18.3. The fourth-order valence-corrected chi connectivity index (χ4v) is 14.1. The van der Waals surface area contributed by atoms with Crippen molar-refractivity contribution in [1.29, 1.82) is 0 Å². The Balaban J connectivity index is 1.78. The summed E-state index contributed by atoms with van der Waals surface area (Å²) in [6, 6.07) is 26.6. The van der Waals surface area contributed by atoms with Crippen molar-refractivity contribution in [1.82, 2.24) is 0 Å². The zero-order valence-electron chi connectivity index (χ0n) is 19.8. The van der Waals surface area contributed by atoms with Crippen LogP contribution >= 0.6 is 0 Å². The monoisotopic (exact) mass is 492 g/mol. The van der Waals surface area contributed by atoms with E-state index in [4.69, 9.17) is 19.7 Å². The Morgan fingerprint density at radius 3 is 2.27 bits per heavy atom. The van der Waals surface area contributed by atoms with E-state index >= 15 is 0 Å². The van der Waals surface area contributed by atoms with Crippen molar-refractivity contribution < 1.29 is 8.23 Å². The smallest absolute Gasteiger partial charge is 0.310 e. The molecule has 4 rings (SSSR count). The number of hydrogen-bond acceptors (Lipinski definition) is 4. The lowest BCUT2D eigenvalue weighted by molar-refractivity contribution is 0.418. The molecule has 4 aromatic carbocycles. The molecule has 4 N–H and O–H groups in total. The van der Waals surface area contributed by atoms with E-state index in [1.165, 1.54) is 37.5 Å². The van der Waals surface area contributed by atoms with Gasteiger partial charge in [-0.15, -0.1) is 0 Å². The van der Waals surface area contributed by atoms with Gasteiger partial charge in [-0.25, -0.2) is 0 Å². The minimum Gasteiger partial charge on any atom is -0.442 e. The predicted octanol–water partition coefficient (Wildman–Crippen LogP) is 4.01. The Labute approximate surface area is 202 Å². The molecule has 4 nitrogen and oxygen atoms in total. The van der Waals surface area contributed by atoms with Crippen LogP contribution in [0.25, 0.3) is 32.3 Å². The Morgan fingerprint density at radius 1 is 0.818 bits per heavy atom. The van der Waals surface area contributed by atoms with Crippen molar-refractivity contribution in [3.63, 3.8) is 0 Å². The van der Waals surface area contributed by atoms with Crippen molar-refractivity contribution in [3.05, 3.63) is 66.7 Å². The Morgan fingerprint density at radius 2 is 1.52 bits per heavy atom. The highest BCUT2D eigenvalue weighted by Crippen LogP contribution is 2.29. The Hall–Kier alpha value is -1.85. The largest absolute Gasteiger partial charge is 0.442 e. The van der Waals surface area contributed by atoms with Crippen molar-refractivity contribution >= 4 is 64.9 Å². The second-order valence-electron chi connectivity index (χ2n) is 9.21. The van der Waals surface area contributed by atoms with Crippen LogP contribution in [-0.2, 0) is 8.23 Å². The van der Waals surface area contributed by atoms with Crippen molar-refractivity contribution in [2.75, 3.05) is 13.1 Å². The molecule has 0 aliphatic carbocycles. The molecule has 0 aliphatic rings. The van der Waals surface area contributed by atoms with Crippen LogP contribution in [0, 0.1) is 0 Å². The van der Waals surface area contributed by atoms with Gasteiger partial charge in [0.2, 0.25) is 0 Å². The van der Waals surface area contributed by atoms with Gasteiger partial charge in [-0.1, -0.05) is 54.6 Å². The van der Waals surface area contributed by atoms with Gasteiger partial charge in [0.25, 0.3) is 0 Å². The SMILES string of the molecule is C[Si](C)(O[SiH2]CCCN)O[SiH](CCCN)c1cccc2ccc3cc4ccccc4cc3c12. The van der Waals surface area contributed by atoms with Gasteiger partial charge < -0.3 is 19.7 Å². The number of nitrogens with two attached hydrogens (primary N) is 2. The molecular weight excluding hydrogens is 457 g/mol. The maximum atomic E-state index is 6.95. The van der Waals surface area contributed by atoms with Crippen LogP contribution in [0.4, 0.5) is 0 Å². The molecule has 0 amide bonds. The fourth-order valence-electron chi connectivity index (χ4n) is 4.62. The third-order valence-corrected chi connectivity index (χ3v) is 16.2. The number of rotatable bonds is 11. The van der Waals surface area contributed by atoms with Crippen LogP contribution in [0.5, 0.6) is 0 Å². The quantitative estimate of drug-likeness (QED) is 0.144. The zero-order chi connectivity index (χ0) is 23.3. The summed E-state index contributed by atoms with van der Waals surface area (Å²) in [6.07, 6.45) is 2.03. The number of hydrogen-bond donors (Lipinski definition) is 2. The van der Waals surface area contributed by atoms with E-state index in [1.807, 2.05) is 0 Å². The van der Waals surface area contributed by atoms with E-state index in [2.05, 4.69) is 79.8 Å². The zero-order valence-corrected chi connectivity index (χ0v) is 23.4. The summed E-state index contributed by atoms with van der Waals surface area (Å²) in [4.78, 5) is 0. The van der Waals surface area contributed by atoms with Crippen LogP contribution in [0.2, 0.25) is 25.2 Å². The summed E-state index contributed by atoms with van der Waals surface area (Å²) in [5.74, 6) is 0. The summed E-state index contributed by atoms with van der Waals surface area (Å²) < 4.78 is 13.4. The highest BCUT2D eigenvalue weighted by Gasteiger charge is 2.30. The van der Waals surface area contributed by atoms with Crippen molar-refractivity contribution in [2.24, 2.45) is 11.5 Å². The van der Waals surface area contributed by atoms with Gasteiger partial charge in [-0.3, -0.25) is 0 Å². The van der Waals surface area contributed by atoms with Gasteiger partial charge in [-0.2, -0.15) is 0 Å². The minimum atomic E-state index is -2.21. The second kappa shape index (κ2) is 11.1. The van der Waals surface area contributed by atoms with Crippen molar-refractivity contribution in [3.8, 4) is 0 Å². The van der Waals surface area contributed by atoms with E-state index in [9.17, 15) is 0 Å². The third kappa shape index (κ3) is 5.81. The lowest BCUT2D eigenvalue weighted by Gasteiger charge is -2.30. The van der Waals surface area contributed by atoms with E-state index in [0.717, 1.165) is 31.5 Å². The average Bonchev–Trinajstić information content (AvgIpc) is 2.82. The van der Waals surface area contributed by atoms with Gasteiger partial charge in [0.1, 0.15) is 9.76 Å². The summed E-state index contributed by atoms with van der Waals surface area (Å²) in [5, 5.41) is 9.16. The topological polar surface area (TPSA) is 70.5 Å². The molecule has 0 spiro atoms. The molecule has 0 aliphatic heterocycles. The third-order valence-electron chi connectivity index (χ3n) is 6.25. The first-order chi connectivity index (χ1) is 16.0. The van der Waals surface area contributed by atoms with Crippen molar-refractivity contribution in [2.45, 2.75) is 38.0 Å². The molecule has 174 valence electrons. The highest BCUT2D eigenvalue weighted by molar-refractivity contribution is 6.82. The van der Waals surface area contributed by atoms with Gasteiger partial charge in [0.05, 0.1) is 0 Å². The van der Waals surface area contributed by atoms with E-state index < -0.39 is 27.4 Å². The summed E-state index contributed by atoms with van der Waals surface area (Å²) in [5.41, 5.74) is 11.6. The molecule has 0 aromatic heterocycles. The molecule has 0 heterocycles. The van der Waals surface area contributed by atoms with Crippen LogP contribution in [0.1, 0.15) is 12.8 Å². The molecular formula is C26H36N2O2Si3. The molecule has 4 aromatic rings. The molecule has 0 fully saturated rings. The van der Waals surface area contributed by atoms with E-state index in [-0.39, 0.29) is 0 Å². The molecule has 1 atom stereocenters. The Bertz CT molecular complexity index is 1230. The average molecular weight is 493 g/mol. The van der Waals surface area contributed by atoms with Gasteiger partial charge in [0, 0.05) is 0 Å². The normalized spacial score (nSPS) is 13.6. The first kappa shape index (κ1) is 24.3. The fraction of sp³-hybridized carbons (Fsp3) is 0.308. The maximum Gasteiger partial charge on any atom is 0.310 e. The van der Waals surface area contributed by atoms with Crippen LogP contribution in [0.15, 0.2) is 66.7 Å². The van der Waals surface area contributed by atoms with Crippen LogP contribution in [-0.4, -0.2) is 40.5 Å². The molecule has 0 radical (unpaired) electrons. The first-order valence-electron chi connectivity index (χ1n) is 12.1. The Kier molecular flexibility index (Phi) is 8.13. The molecule has 0 saturated carbocycles. The summed E-state index contributed by atoms with van der Waals surface area (Å²) in [6.45, 7) is 5.85. The summed E-state index contributed by atoms with van der Waals surface area (Å²) in [7, 11) is -4.55.